The lowest BCUT2D eigenvalue weighted by molar-refractivity contribution is -0.459. The second kappa shape index (κ2) is 8.82. The highest BCUT2D eigenvalue weighted by Gasteiger charge is 2.95. The van der Waals surface area contributed by atoms with E-state index in [0.29, 0.717) is 0 Å². The first kappa shape index (κ1) is 31.3. The van der Waals surface area contributed by atoms with Crippen LogP contribution in [0.4, 0.5) is 74.6 Å². The minimum atomic E-state index is -8.76. The minimum absolute atomic E-state index is 0.0487. The zero-order valence-electron chi connectivity index (χ0n) is 17.3. The van der Waals surface area contributed by atoms with E-state index in [1.165, 1.54) is 0 Å². The van der Waals surface area contributed by atoms with Gasteiger partial charge in [-0.25, -0.2) is 0 Å². The van der Waals surface area contributed by atoms with Crippen LogP contribution < -0.4 is 14.8 Å². The van der Waals surface area contributed by atoms with Gasteiger partial charge in [-0.2, -0.15) is 74.6 Å². The Kier molecular flexibility index (Phi) is 7.27. The number of fused-ring (bicyclic) bond motifs is 1. The predicted octanol–water partition coefficient (Wildman–Crippen LogP) is 6.04. The Morgan fingerprint density at radius 3 is 1.53 bits per heavy atom. The van der Waals surface area contributed by atoms with Gasteiger partial charge < -0.3 is 14.8 Å². The molecular formula is C17H8F17NO3. The number of rotatable bonds is 9. The fraction of sp³-hybridized carbons (Fsp3) is 0.588. The van der Waals surface area contributed by atoms with Gasteiger partial charge in [0.25, 0.3) is 5.91 Å². The van der Waals surface area contributed by atoms with Crippen molar-refractivity contribution in [3.8, 4) is 11.5 Å². The molecule has 218 valence electrons. The molecule has 0 atom stereocenters. The number of benzene rings is 1. The number of nitrogens with one attached hydrogen (secondary N) is 1. The average molecular weight is 597 g/mol. The highest BCUT2D eigenvalue weighted by molar-refractivity contribution is 5.84. The zero-order valence-corrected chi connectivity index (χ0v) is 17.3. The SMILES string of the molecule is O=C(NCc1ccc2c(c1)OCO2)C(F)(F)C(F)(F)C(F)(F)C(F)(F)C(F)(F)C(F)(F)C(F)(F)C(F)(F)F. The maximum absolute atomic E-state index is 13.9. The second-order valence-corrected chi connectivity index (χ2v) is 7.39. The summed E-state index contributed by atoms with van der Waals surface area (Å²) >= 11 is 0. The molecule has 1 aliphatic heterocycles. The fourth-order valence-corrected chi connectivity index (χ4v) is 2.65. The van der Waals surface area contributed by atoms with Gasteiger partial charge >= 0.3 is 47.6 Å². The van der Waals surface area contributed by atoms with Crippen LogP contribution in [0, 0.1) is 0 Å². The van der Waals surface area contributed by atoms with Crippen molar-refractivity contribution in [2.45, 2.75) is 54.2 Å². The molecule has 1 aromatic carbocycles. The van der Waals surface area contributed by atoms with E-state index < -0.39 is 60.1 Å². The lowest BCUT2D eigenvalue weighted by atomic mass is 9.89. The maximum Gasteiger partial charge on any atom is 0.460 e. The molecule has 0 saturated heterocycles. The molecule has 0 bridgehead atoms. The van der Waals surface area contributed by atoms with Crippen LogP contribution in [0.5, 0.6) is 11.5 Å². The Hall–Kier alpha value is -2.90. The molecule has 1 N–H and O–H groups in total. The number of alkyl halides is 17. The second-order valence-electron chi connectivity index (χ2n) is 7.39. The third-order valence-corrected chi connectivity index (χ3v) is 4.90. The molecule has 2 rings (SSSR count). The molecular weight excluding hydrogens is 589 g/mol. The summed E-state index contributed by atoms with van der Waals surface area (Å²) in [5.41, 5.74) is -0.320. The van der Waals surface area contributed by atoms with Crippen LogP contribution in [0.15, 0.2) is 18.2 Å². The van der Waals surface area contributed by atoms with Gasteiger partial charge in [-0.1, -0.05) is 6.07 Å². The van der Waals surface area contributed by atoms with E-state index in [0.717, 1.165) is 23.5 Å². The Bertz CT molecular complexity index is 1070. The average Bonchev–Trinajstić information content (AvgIpc) is 3.23. The lowest BCUT2D eigenvalue weighted by Gasteiger charge is -2.42. The molecule has 0 spiro atoms. The quantitative estimate of drug-likeness (QED) is 0.354. The van der Waals surface area contributed by atoms with Crippen LogP contribution in [-0.4, -0.2) is 60.3 Å². The van der Waals surface area contributed by atoms with E-state index >= 15 is 0 Å². The van der Waals surface area contributed by atoms with Gasteiger partial charge in [0.1, 0.15) is 0 Å². The Morgan fingerprint density at radius 2 is 1.05 bits per heavy atom. The number of amides is 1. The first-order valence-corrected chi connectivity index (χ1v) is 9.10. The largest absolute Gasteiger partial charge is 0.460 e. The van der Waals surface area contributed by atoms with Crippen LogP contribution in [-0.2, 0) is 11.3 Å². The third kappa shape index (κ3) is 4.20. The van der Waals surface area contributed by atoms with Crippen molar-refractivity contribution < 1.29 is 88.9 Å². The van der Waals surface area contributed by atoms with Gasteiger partial charge in [-0.3, -0.25) is 4.79 Å². The summed E-state index contributed by atoms with van der Waals surface area (Å²) in [5, 5.41) is 0.825. The maximum atomic E-state index is 13.9. The summed E-state index contributed by atoms with van der Waals surface area (Å²) in [4.78, 5) is 11.4. The summed E-state index contributed by atoms with van der Waals surface area (Å²) in [5.74, 6) is -61.8. The highest BCUT2D eigenvalue weighted by Crippen LogP contribution is 2.63. The van der Waals surface area contributed by atoms with E-state index in [9.17, 15) is 79.4 Å². The monoisotopic (exact) mass is 597 g/mol. The van der Waals surface area contributed by atoms with Crippen molar-refractivity contribution in [3.63, 3.8) is 0 Å². The Labute approximate surface area is 197 Å². The molecule has 38 heavy (non-hydrogen) atoms. The van der Waals surface area contributed by atoms with Crippen molar-refractivity contribution in [3.05, 3.63) is 23.8 Å². The molecule has 1 aromatic rings. The Morgan fingerprint density at radius 1 is 0.632 bits per heavy atom. The Balaban J connectivity index is 2.40. The van der Waals surface area contributed by atoms with E-state index in [-0.39, 0.29) is 23.9 Å². The fourth-order valence-electron chi connectivity index (χ4n) is 2.65. The van der Waals surface area contributed by atoms with E-state index in [4.69, 9.17) is 9.47 Å². The van der Waals surface area contributed by atoms with Crippen molar-refractivity contribution in [2.24, 2.45) is 0 Å². The number of carbonyl (C=O) groups excluding carboxylic acids is 1. The molecule has 0 saturated carbocycles. The minimum Gasteiger partial charge on any atom is -0.454 e. The number of hydrogen-bond acceptors (Lipinski definition) is 3. The summed E-state index contributed by atoms with van der Waals surface area (Å²) in [6.45, 7) is -1.63. The molecule has 21 heteroatoms. The molecule has 0 aromatic heterocycles. The normalized spacial score (nSPS) is 16.0. The van der Waals surface area contributed by atoms with Crippen molar-refractivity contribution in [2.75, 3.05) is 6.79 Å². The smallest absolute Gasteiger partial charge is 0.454 e. The zero-order chi connectivity index (χ0) is 30.0. The summed E-state index contributed by atoms with van der Waals surface area (Å²) < 4.78 is 235. The van der Waals surface area contributed by atoms with E-state index in [1.54, 1.807) is 0 Å². The van der Waals surface area contributed by atoms with Gasteiger partial charge in [0.15, 0.2) is 11.5 Å². The first-order valence-electron chi connectivity index (χ1n) is 9.10. The number of halogens is 17. The summed E-state index contributed by atoms with van der Waals surface area (Å²) in [7, 11) is 0. The van der Waals surface area contributed by atoms with Crippen molar-refractivity contribution in [1.82, 2.24) is 5.32 Å². The van der Waals surface area contributed by atoms with Crippen molar-refractivity contribution >= 4 is 5.91 Å². The van der Waals surface area contributed by atoms with Gasteiger partial charge in [-0.05, 0) is 17.7 Å². The molecule has 1 heterocycles. The van der Waals surface area contributed by atoms with E-state index in [2.05, 4.69) is 0 Å². The molecule has 4 nitrogen and oxygen atoms in total. The van der Waals surface area contributed by atoms with Crippen LogP contribution in [0.1, 0.15) is 5.56 Å². The number of hydrogen-bond donors (Lipinski definition) is 1. The number of carbonyl (C=O) groups is 1. The van der Waals surface area contributed by atoms with Gasteiger partial charge in [0, 0.05) is 6.54 Å². The van der Waals surface area contributed by atoms with Gasteiger partial charge in [0.05, 0.1) is 0 Å². The molecule has 0 aliphatic carbocycles. The first-order chi connectivity index (χ1) is 16.7. The molecule has 1 aliphatic rings. The molecule has 1 amide bonds. The van der Waals surface area contributed by atoms with Crippen LogP contribution in [0.2, 0.25) is 0 Å². The molecule has 0 fully saturated rings. The van der Waals surface area contributed by atoms with Crippen molar-refractivity contribution in [1.29, 1.82) is 0 Å². The van der Waals surface area contributed by atoms with Crippen LogP contribution >= 0.6 is 0 Å². The summed E-state index contributed by atoms with van der Waals surface area (Å²) in [6.07, 6.45) is -7.84. The van der Waals surface area contributed by atoms with Gasteiger partial charge in [-0.15, -0.1) is 0 Å². The van der Waals surface area contributed by atoms with E-state index in [1.807, 2.05) is 0 Å². The van der Waals surface area contributed by atoms with Crippen LogP contribution in [0.3, 0.4) is 0 Å². The molecule has 0 unspecified atom stereocenters. The predicted molar refractivity (Wildman–Crippen MR) is 85.1 cm³/mol. The molecule has 0 radical (unpaired) electrons. The summed E-state index contributed by atoms with van der Waals surface area (Å²) in [6, 6.07) is 2.91. The van der Waals surface area contributed by atoms with Gasteiger partial charge in [0.2, 0.25) is 6.79 Å². The topological polar surface area (TPSA) is 47.6 Å². The lowest BCUT2D eigenvalue weighted by Crippen LogP contribution is -2.75. The number of ether oxygens (including phenoxy) is 2. The highest BCUT2D eigenvalue weighted by atomic mass is 19.4. The standard InChI is InChI=1S/C17H8F17NO3/c18-10(19,9(36)35-4-6-1-2-7-8(3-6)38-5-37-7)11(20,21)12(22,23)13(24,25)14(26,27)15(28,29)16(30,31)17(32,33)34/h1-3H,4-5H2,(H,35,36). The van der Waals surface area contributed by atoms with Crippen LogP contribution in [0.25, 0.3) is 0 Å². The third-order valence-electron chi connectivity index (χ3n) is 4.90.